The monoisotopic (exact) mass is 188 g/mol. The zero-order chi connectivity index (χ0) is 8.65. The van der Waals surface area contributed by atoms with Crippen LogP contribution in [-0.4, -0.2) is 26.2 Å². The van der Waals surface area contributed by atoms with Gasteiger partial charge < -0.3 is 9.31 Å². The Hall–Kier alpha value is 0.0149. The van der Waals surface area contributed by atoms with Gasteiger partial charge in [-0.05, 0) is 19.3 Å². The number of unbranched alkanes of at least 4 members (excludes halogenated alkanes) is 1. The Balaban J connectivity index is 2.07. The van der Waals surface area contributed by atoms with Crippen LogP contribution < -0.4 is 0 Å². The van der Waals surface area contributed by atoms with E-state index in [1.54, 1.807) is 0 Å². The van der Waals surface area contributed by atoms with Gasteiger partial charge in [-0.1, -0.05) is 12.1 Å². The van der Waals surface area contributed by atoms with Crippen LogP contribution in [0.3, 0.4) is 0 Å². The van der Waals surface area contributed by atoms with Gasteiger partial charge in [0.1, 0.15) is 0 Å². The van der Waals surface area contributed by atoms with Crippen molar-refractivity contribution in [2.75, 3.05) is 19.1 Å². The minimum Gasteiger partial charge on any atom is -0.408 e. The van der Waals surface area contributed by atoms with Gasteiger partial charge in [-0.3, -0.25) is 0 Å². The van der Waals surface area contributed by atoms with Crippen molar-refractivity contribution in [3.05, 3.63) is 12.1 Å². The molecule has 4 heteroatoms. The average Bonchev–Trinajstić information content (AvgIpc) is 2.14. The van der Waals surface area contributed by atoms with E-state index in [1.165, 1.54) is 0 Å². The first-order valence-electron chi connectivity index (χ1n) is 4.39. The van der Waals surface area contributed by atoms with Crippen LogP contribution in [0.25, 0.3) is 0 Å². The molecule has 1 aliphatic heterocycles. The molecule has 68 valence electrons. The van der Waals surface area contributed by atoms with Gasteiger partial charge in [-0.25, -0.2) is 0 Å². The van der Waals surface area contributed by atoms with Gasteiger partial charge in [0.15, 0.2) is 0 Å². The van der Waals surface area contributed by atoms with Crippen molar-refractivity contribution in [3.8, 4) is 0 Å². The summed E-state index contributed by atoms with van der Waals surface area (Å²) in [7, 11) is -0.117. The first-order chi connectivity index (χ1) is 5.93. The van der Waals surface area contributed by atoms with Crippen molar-refractivity contribution >= 4 is 18.7 Å². The smallest absolute Gasteiger partial charge is 0.408 e. The van der Waals surface area contributed by atoms with Gasteiger partial charge in [-0.15, -0.1) is 11.6 Å². The molecule has 0 unspecified atom stereocenters. The van der Waals surface area contributed by atoms with E-state index in [4.69, 9.17) is 20.9 Å². The van der Waals surface area contributed by atoms with Crippen LogP contribution in [0, 0.1) is 0 Å². The van der Waals surface area contributed by atoms with E-state index in [1.807, 2.05) is 5.98 Å². The summed E-state index contributed by atoms with van der Waals surface area (Å²) >= 11 is 5.53. The van der Waals surface area contributed by atoms with Crippen LogP contribution >= 0.6 is 11.6 Å². The third-order valence-corrected chi connectivity index (χ3v) is 1.92. The van der Waals surface area contributed by atoms with Crippen molar-refractivity contribution in [1.82, 2.24) is 0 Å². The molecule has 0 aliphatic carbocycles. The second kappa shape index (κ2) is 6.52. The van der Waals surface area contributed by atoms with E-state index in [2.05, 4.69) is 6.08 Å². The Morgan fingerprint density at radius 1 is 1.33 bits per heavy atom. The molecule has 2 nitrogen and oxygen atoms in total. The lowest BCUT2D eigenvalue weighted by molar-refractivity contribution is 0.142. The Morgan fingerprint density at radius 3 is 2.75 bits per heavy atom. The van der Waals surface area contributed by atoms with Gasteiger partial charge in [-0.2, -0.15) is 0 Å². The molecule has 12 heavy (non-hydrogen) atoms. The molecule has 0 aromatic carbocycles. The highest BCUT2D eigenvalue weighted by molar-refractivity contribution is 6.50. The maximum absolute atomic E-state index is 5.53. The zero-order valence-corrected chi connectivity index (χ0v) is 7.93. The van der Waals surface area contributed by atoms with E-state index < -0.39 is 0 Å². The molecule has 0 radical (unpaired) electrons. The van der Waals surface area contributed by atoms with E-state index in [0.29, 0.717) is 0 Å². The lowest BCUT2D eigenvalue weighted by Gasteiger charge is -2.16. The minimum atomic E-state index is -0.117. The van der Waals surface area contributed by atoms with Crippen LogP contribution in [0.5, 0.6) is 0 Å². The summed E-state index contributed by atoms with van der Waals surface area (Å²) in [5.74, 6) is 2.68. The molecule has 1 rings (SSSR count). The largest absolute Gasteiger partial charge is 0.485 e. The first-order valence-corrected chi connectivity index (χ1v) is 4.93. The van der Waals surface area contributed by atoms with Gasteiger partial charge in [0.25, 0.3) is 0 Å². The fourth-order valence-corrected chi connectivity index (χ4v) is 1.17. The summed E-state index contributed by atoms with van der Waals surface area (Å²) in [5, 5.41) is 0. The number of halogens is 1. The Kier molecular flexibility index (Phi) is 5.49. The second-order valence-electron chi connectivity index (χ2n) is 2.72. The normalized spacial score (nSPS) is 18.9. The Bertz CT molecular complexity index is 135. The minimum absolute atomic E-state index is 0.117. The van der Waals surface area contributed by atoms with Gasteiger partial charge >= 0.3 is 7.12 Å². The SMILES string of the molecule is ClCCC/C=C\B1OCCCO1. The molecule has 1 heterocycles. The summed E-state index contributed by atoms with van der Waals surface area (Å²) in [6.45, 7) is 1.62. The van der Waals surface area contributed by atoms with Gasteiger partial charge in [0.05, 0.1) is 0 Å². The van der Waals surface area contributed by atoms with E-state index in [9.17, 15) is 0 Å². The van der Waals surface area contributed by atoms with Crippen molar-refractivity contribution in [3.63, 3.8) is 0 Å². The predicted octanol–water partition coefficient (Wildman–Crippen LogP) is 2.03. The van der Waals surface area contributed by atoms with Crippen molar-refractivity contribution < 1.29 is 9.31 Å². The molecule has 1 saturated heterocycles. The van der Waals surface area contributed by atoms with Crippen molar-refractivity contribution in [2.45, 2.75) is 19.3 Å². The summed E-state index contributed by atoms with van der Waals surface area (Å²) in [5.41, 5.74) is 0. The molecule has 0 aromatic heterocycles. The Labute approximate surface area is 79.0 Å². The van der Waals surface area contributed by atoms with Crippen LogP contribution in [0.1, 0.15) is 19.3 Å². The quantitative estimate of drug-likeness (QED) is 0.382. The lowest BCUT2D eigenvalue weighted by atomic mass is 9.88. The fourth-order valence-electron chi connectivity index (χ4n) is 1.02. The third-order valence-electron chi connectivity index (χ3n) is 1.65. The molecular weight excluding hydrogens is 174 g/mol. The fraction of sp³-hybridized carbons (Fsp3) is 0.750. The van der Waals surface area contributed by atoms with Crippen molar-refractivity contribution in [1.29, 1.82) is 0 Å². The van der Waals surface area contributed by atoms with Crippen LogP contribution in [0.15, 0.2) is 12.1 Å². The summed E-state index contributed by atoms with van der Waals surface area (Å²) in [6, 6.07) is 0. The highest BCUT2D eigenvalue weighted by Crippen LogP contribution is 2.03. The first kappa shape index (κ1) is 10.1. The summed E-state index contributed by atoms with van der Waals surface area (Å²) in [6.07, 6.45) is 5.10. The van der Waals surface area contributed by atoms with Crippen LogP contribution in [-0.2, 0) is 9.31 Å². The number of hydrogen-bond acceptors (Lipinski definition) is 2. The number of allylic oxidation sites excluding steroid dienone is 1. The zero-order valence-electron chi connectivity index (χ0n) is 7.17. The molecule has 1 aliphatic rings. The Morgan fingerprint density at radius 2 is 2.08 bits per heavy atom. The van der Waals surface area contributed by atoms with Gasteiger partial charge in [0.2, 0.25) is 0 Å². The molecule has 0 atom stereocenters. The predicted molar refractivity (Wildman–Crippen MR) is 51.4 cm³/mol. The van der Waals surface area contributed by atoms with Crippen molar-refractivity contribution in [2.24, 2.45) is 0 Å². The number of alkyl halides is 1. The van der Waals surface area contributed by atoms with E-state index in [0.717, 1.165) is 38.4 Å². The number of rotatable bonds is 4. The highest BCUT2D eigenvalue weighted by Gasteiger charge is 2.17. The maximum atomic E-state index is 5.53. The van der Waals surface area contributed by atoms with E-state index in [-0.39, 0.29) is 7.12 Å². The maximum Gasteiger partial charge on any atom is 0.485 e. The summed E-state index contributed by atoms with van der Waals surface area (Å²) < 4.78 is 10.6. The molecule has 0 amide bonds. The highest BCUT2D eigenvalue weighted by atomic mass is 35.5. The standard InChI is InChI=1S/C8H14BClO2/c10-6-3-1-2-5-9-11-7-4-8-12-9/h2,5H,1,3-4,6-8H2/b5-2-. The molecular formula is C8H14BClO2. The van der Waals surface area contributed by atoms with Crippen LogP contribution in [0.4, 0.5) is 0 Å². The molecule has 0 aromatic rings. The third kappa shape index (κ3) is 4.14. The molecule has 0 saturated carbocycles. The molecule has 0 N–H and O–H groups in total. The van der Waals surface area contributed by atoms with Crippen LogP contribution in [0.2, 0.25) is 0 Å². The molecule has 0 spiro atoms. The second-order valence-corrected chi connectivity index (χ2v) is 3.10. The average molecular weight is 188 g/mol. The topological polar surface area (TPSA) is 18.5 Å². The number of hydrogen-bond donors (Lipinski definition) is 0. The lowest BCUT2D eigenvalue weighted by Crippen LogP contribution is -2.27. The summed E-state index contributed by atoms with van der Waals surface area (Å²) in [4.78, 5) is 0. The molecule has 1 fully saturated rings. The van der Waals surface area contributed by atoms with Gasteiger partial charge in [0, 0.05) is 19.1 Å². The van der Waals surface area contributed by atoms with E-state index >= 15 is 0 Å². The molecule has 0 bridgehead atoms.